The first-order chi connectivity index (χ1) is 8.17. The minimum absolute atomic E-state index is 0.226. The molecule has 0 fully saturated rings. The fraction of sp³-hybridized carbons (Fsp3) is 0.308. The summed E-state index contributed by atoms with van der Waals surface area (Å²) < 4.78 is 14.6. The Labute approximate surface area is 108 Å². The molecule has 1 heterocycles. The van der Waals surface area contributed by atoms with Crippen LogP contribution in [0.3, 0.4) is 0 Å². The maximum absolute atomic E-state index is 13.7. The summed E-state index contributed by atoms with van der Waals surface area (Å²) >= 11 is 3.40. The van der Waals surface area contributed by atoms with E-state index in [1.807, 2.05) is 13.1 Å². The highest BCUT2D eigenvalue weighted by Gasteiger charge is 2.10. The molecule has 0 aliphatic carbocycles. The molecule has 2 rings (SSSR count). The van der Waals surface area contributed by atoms with Crippen LogP contribution in [0.4, 0.5) is 10.2 Å². The van der Waals surface area contributed by atoms with Gasteiger partial charge in [0, 0.05) is 16.9 Å². The minimum atomic E-state index is -0.226. The number of hydrogen-bond acceptors (Lipinski definition) is 2. The topological polar surface area (TPSA) is 24.9 Å². The molecular formula is C13H14BrFN2. The van der Waals surface area contributed by atoms with Crippen molar-refractivity contribution in [2.75, 3.05) is 12.4 Å². The summed E-state index contributed by atoms with van der Waals surface area (Å²) in [5.74, 6) is 0.598. The molecule has 1 N–H and O–H groups in total. The third-order valence-electron chi connectivity index (χ3n) is 2.72. The summed E-state index contributed by atoms with van der Waals surface area (Å²) in [4.78, 5) is 4.47. The van der Waals surface area contributed by atoms with Gasteiger partial charge in [-0.1, -0.05) is 13.3 Å². The molecule has 17 heavy (non-hydrogen) atoms. The van der Waals surface area contributed by atoms with E-state index < -0.39 is 0 Å². The lowest BCUT2D eigenvalue weighted by atomic mass is 10.1. The first kappa shape index (κ1) is 12.3. The van der Waals surface area contributed by atoms with Crippen LogP contribution in [0.1, 0.15) is 18.9 Å². The van der Waals surface area contributed by atoms with Gasteiger partial charge in [0.15, 0.2) is 0 Å². The molecule has 2 aromatic rings. The average molecular weight is 297 g/mol. The molecule has 0 spiro atoms. The van der Waals surface area contributed by atoms with Crippen LogP contribution in [0.15, 0.2) is 22.7 Å². The van der Waals surface area contributed by atoms with Gasteiger partial charge in [-0.05, 0) is 46.1 Å². The standard InChI is InChI=1S/C13H14BrFN2/c1-3-4-8-7-9-11(15)6-5-10(14)12(9)17-13(8)16-2/h5-7H,3-4H2,1-2H3,(H,16,17). The summed E-state index contributed by atoms with van der Waals surface area (Å²) in [6.45, 7) is 2.10. The van der Waals surface area contributed by atoms with E-state index in [4.69, 9.17) is 0 Å². The Hall–Kier alpha value is -1.16. The van der Waals surface area contributed by atoms with E-state index in [0.29, 0.717) is 10.9 Å². The number of hydrogen-bond donors (Lipinski definition) is 1. The summed E-state index contributed by atoms with van der Waals surface area (Å²) in [5.41, 5.74) is 1.72. The predicted molar refractivity (Wildman–Crippen MR) is 72.9 cm³/mol. The lowest BCUT2D eigenvalue weighted by molar-refractivity contribution is 0.639. The highest BCUT2D eigenvalue weighted by molar-refractivity contribution is 9.10. The molecule has 0 atom stereocenters. The molecule has 0 saturated heterocycles. The summed E-state index contributed by atoms with van der Waals surface area (Å²) in [6.07, 6.45) is 1.91. The van der Waals surface area contributed by atoms with Crippen LogP contribution in [0.2, 0.25) is 0 Å². The van der Waals surface area contributed by atoms with Crippen LogP contribution in [-0.2, 0) is 6.42 Å². The number of halogens is 2. The predicted octanol–water partition coefficient (Wildman–Crippen LogP) is 4.13. The van der Waals surface area contributed by atoms with Gasteiger partial charge in [-0.25, -0.2) is 9.37 Å². The molecule has 0 aliphatic heterocycles. The smallest absolute Gasteiger partial charge is 0.132 e. The quantitative estimate of drug-likeness (QED) is 0.921. The molecule has 4 heteroatoms. The van der Waals surface area contributed by atoms with Gasteiger partial charge in [0.05, 0.1) is 5.52 Å². The molecule has 1 aromatic carbocycles. The first-order valence-electron chi connectivity index (χ1n) is 5.62. The number of fused-ring (bicyclic) bond motifs is 1. The number of aromatic nitrogens is 1. The second kappa shape index (κ2) is 5.00. The van der Waals surface area contributed by atoms with Crippen molar-refractivity contribution in [2.45, 2.75) is 19.8 Å². The molecule has 0 unspecified atom stereocenters. The van der Waals surface area contributed by atoms with Crippen LogP contribution in [0.5, 0.6) is 0 Å². The Kier molecular flexibility index (Phi) is 3.62. The summed E-state index contributed by atoms with van der Waals surface area (Å²) in [6, 6.07) is 5.03. The zero-order chi connectivity index (χ0) is 12.4. The number of rotatable bonds is 3. The average Bonchev–Trinajstić information content (AvgIpc) is 2.34. The van der Waals surface area contributed by atoms with Gasteiger partial charge in [0.2, 0.25) is 0 Å². The zero-order valence-corrected chi connectivity index (χ0v) is 11.4. The van der Waals surface area contributed by atoms with Crippen LogP contribution in [0, 0.1) is 5.82 Å². The fourth-order valence-electron chi connectivity index (χ4n) is 1.91. The lowest BCUT2D eigenvalue weighted by Crippen LogP contribution is -2.00. The van der Waals surface area contributed by atoms with Crippen molar-refractivity contribution in [3.8, 4) is 0 Å². The monoisotopic (exact) mass is 296 g/mol. The van der Waals surface area contributed by atoms with Crippen molar-refractivity contribution in [3.63, 3.8) is 0 Å². The Morgan fingerprint density at radius 1 is 1.41 bits per heavy atom. The van der Waals surface area contributed by atoms with E-state index in [-0.39, 0.29) is 5.82 Å². The van der Waals surface area contributed by atoms with E-state index in [9.17, 15) is 4.39 Å². The van der Waals surface area contributed by atoms with Gasteiger partial charge in [-0.3, -0.25) is 0 Å². The van der Waals surface area contributed by atoms with Gasteiger partial charge in [-0.2, -0.15) is 0 Å². The summed E-state index contributed by atoms with van der Waals surface area (Å²) in [5, 5.41) is 3.64. The lowest BCUT2D eigenvalue weighted by Gasteiger charge is -2.10. The molecule has 2 nitrogen and oxygen atoms in total. The number of anilines is 1. The van der Waals surface area contributed by atoms with Crippen molar-refractivity contribution < 1.29 is 4.39 Å². The largest absolute Gasteiger partial charge is 0.373 e. The Morgan fingerprint density at radius 2 is 2.18 bits per heavy atom. The van der Waals surface area contributed by atoms with E-state index in [1.165, 1.54) is 6.07 Å². The maximum atomic E-state index is 13.7. The molecule has 0 aliphatic rings. The number of pyridine rings is 1. The third-order valence-corrected chi connectivity index (χ3v) is 3.36. The van der Waals surface area contributed by atoms with Crippen LogP contribution >= 0.6 is 15.9 Å². The van der Waals surface area contributed by atoms with Gasteiger partial charge < -0.3 is 5.32 Å². The zero-order valence-electron chi connectivity index (χ0n) is 9.85. The van der Waals surface area contributed by atoms with E-state index in [0.717, 1.165) is 28.7 Å². The molecule has 1 aromatic heterocycles. The number of aryl methyl sites for hydroxylation is 1. The van der Waals surface area contributed by atoms with Crippen LogP contribution in [0.25, 0.3) is 10.9 Å². The maximum Gasteiger partial charge on any atom is 0.132 e. The molecule has 90 valence electrons. The van der Waals surface area contributed by atoms with Crippen molar-refractivity contribution in [1.82, 2.24) is 4.98 Å². The Balaban J connectivity index is 2.73. The molecule has 0 saturated carbocycles. The van der Waals surface area contributed by atoms with Crippen LogP contribution in [-0.4, -0.2) is 12.0 Å². The third kappa shape index (κ3) is 2.27. The number of nitrogens with zero attached hydrogens (tertiary/aromatic N) is 1. The molecular weight excluding hydrogens is 283 g/mol. The van der Waals surface area contributed by atoms with Gasteiger partial charge in [0.25, 0.3) is 0 Å². The molecule has 0 amide bonds. The number of benzene rings is 1. The SMILES string of the molecule is CCCc1cc2c(F)ccc(Br)c2nc1NC. The van der Waals surface area contributed by atoms with Crippen molar-refractivity contribution in [2.24, 2.45) is 0 Å². The summed E-state index contributed by atoms with van der Waals surface area (Å²) in [7, 11) is 1.83. The van der Waals surface area contributed by atoms with Crippen molar-refractivity contribution in [1.29, 1.82) is 0 Å². The van der Waals surface area contributed by atoms with Crippen molar-refractivity contribution in [3.05, 3.63) is 34.1 Å². The van der Waals surface area contributed by atoms with E-state index >= 15 is 0 Å². The second-order valence-corrected chi connectivity index (χ2v) is 4.78. The second-order valence-electron chi connectivity index (χ2n) is 3.92. The van der Waals surface area contributed by atoms with Gasteiger partial charge in [0.1, 0.15) is 11.6 Å². The normalized spacial score (nSPS) is 10.8. The Bertz CT molecular complexity index is 555. The molecule has 0 bridgehead atoms. The minimum Gasteiger partial charge on any atom is -0.373 e. The molecule has 0 radical (unpaired) electrons. The number of nitrogens with one attached hydrogen (secondary N) is 1. The highest BCUT2D eigenvalue weighted by Crippen LogP contribution is 2.28. The van der Waals surface area contributed by atoms with Crippen molar-refractivity contribution >= 4 is 32.7 Å². The van der Waals surface area contributed by atoms with Gasteiger partial charge >= 0.3 is 0 Å². The van der Waals surface area contributed by atoms with E-state index in [1.54, 1.807) is 6.07 Å². The van der Waals surface area contributed by atoms with Gasteiger partial charge in [-0.15, -0.1) is 0 Å². The first-order valence-corrected chi connectivity index (χ1v) is 6.42. The highest BCUT2D eigenvalue weighted by atomic mass is 79.9. The van der Waals surface area contributed by atoms with Crippen LogP contribution < -0.4 is 5.32 Å². The fourth-order valence-corrected chi connectivity index (χ4v) is 2.34. The van der Waals surface area contributed by atoms with E-state index in [2.05, 4.69) is 33.2 Å². The Morgan fingerprint density at radius 3 is 2.82 bits per heavy atom.